The van der Waals surface area contributed by atoms with Gasteiger partial charge in [-0.05, 0) is 61.8 Å². The largest absolute Gasteiger partial charge is 0.497 e. The van der Waals surface area contributed by atoms with Crippen LogP contribution in [0.3, 0.4) is 0 Å². The van der Waals surface area contributed by atoms with Gasteiger partial charge in [0.25, 0.3) is 0 Å². The molecule has 1 saturated carbocycles. The van der Waals surface area contributed by atoms with Crippen molar-refractivity contribution in [2.45, 2.75) is 51.9 Å². The summed E-state index contributed by atoms with van der Waals surface area (Å²) in [6, 6.07) is 8.76. The predicted molar refractivity (Wildman–Crippen MR) is 90.0 cm³/mol. The molecule has 1 aliphatic rings. The Balaban J connectivity index is 2.14. The summed E-state index contributed by atoms with van der Waals surface area (Å²) in [4.78, 5) is 0. The molecule has 0 spiro atoms. The molecule has 118 valence electrons. The van der Waals surface area contributed by atoms with Gasteiger partial charge in [-0.15, -0.1) is 0 Å². The minimum absolute atomic E-state index is 0.313. The van der Waals surface area contributed by atoms with Crippen LogP contribution < -0.4 is 10.1 Å². The molecule has 0 atom stereocenters. The maximum atomic E-state index is 5.30. The number of methoxy groups -OCH3 is 1. The fourth-order valence-corrected chi connectivity index (χ4v) is 3.43. The smallest absolute Gasteiger partial charge is 0.118 e. The molecule has 0 saturated heterocycles. The molecule has 0 amide bonds. The molecular weight excluding hydrogens is 258 g/mol. The second-order valence-corrected chi connectivity index (χ2v) is 7.22. The normalized spacial score (nSPS) is 26.0. The molecule has 0 aliphatic heterocycles. The van der Waals surface area contributed by atoms with E-state index in [9.17, 15) is 0 Å². The topological polar surface area (TPSA) is 21.3 Å². The van der Waals surface area contributed by atoms with E-state index in [0.29, 0.717) is 11.3 Å². The Morgan fingerprint density at radius 1 is 1.19 bits per heavy atom. The van der Waals surface area contributed by atoms with E-state index in [1.54, 1.807) is 7.11 Å². The molecule has 21 heavy (non-hydrogen) atoms. The fraction of sp³-hybridized carbons (Fsp3) is 0.684. The van der Waals surface area contributed by atoms with Crippen LogP contribution in [-0.2, 0) is 5.41 Å². The number of hydrogen-bond acceptors (Lipinski definition) is 2. The molecule has 1 aromatic carbocycles. The zero-order chi connectivity index (χ0) is 15.3. The van der Waals surface area contributed by atoms with E-state index < -0.39 is 0 Å². The molecule has 2 nitrogen and oxygen atoms in total. The molecule has 0 bridgehead atoms. The molecular formula is C19H31NO. The van der Waals surface area contributed by atoms with E-state index >= 15 is 0 Å². The van der Waals surface area contributed by atoms with Crippen molar-refractivity contribution in [2.24, 2.45) is 11.8 Å². The SMILES string of the molecule is COc1ccc(C2(CNCC(C)C)CCC(C)CC2)cc1. The van der Waals surface area contributed by atoms with Gasteiger partial charge in [0.05, 0.1) is 7.11 Å². The maximum Gasteiger partial charge on any atom is 0.118 e. The highest BCUT2D eigenvalue weighted by Crippen LogP contribution is 2.41. The third-order valence-electron chi connectivity index (χ3n) is 4.95. The van der Waals surface area contributed by atoms with Crippen LogP contribution in [0.4, 0.5) is 0 Å². The number of ether oxygens (including phenoxy) is 1. The average molecular weight is 289 g/mol. The summed E-state index contributed by atoms with van der Waals surface area (Å²) in [6.45, 7) is 9.14. The quantitative estimate of drug-likeness (QED) is 0.838. The first-order valence-electron chi connectivity index (χ1n) is 8.41. The Labute approximate surface area is 130 Å². The van der Waals surface area contributed by atoms with Crippen LogP contribution in [-0.4, -0.2) is 20.2 Å². The highest BCUT2D eigenvalue weighted by Gasteiger charge is 2.35. The second kappa shape index (κ2) is 7.31. The average Bonchev–Trinajstić information content (AvgIpc) is 2.49. The van der Waals surface area contributed by atoms with E-state index in [1.165, 1.54) is 31.2 Å². The summed E-state index contributed by atoms with van der Waals surface area (Å²) in [5, 5.41) is 3.71. The van der Waals surface area contributed by atoms with Gasteiger partial charge in [-0.25, -0.2) is 0 Å². The van der Waals surface area contributed by atoms with Crippen molar-refractivity contribution in [3.63, 3.8) is 0 Å². The Kier molecular flexibility index (Phi) is 5.69. The van der Waals surface area contributed by atoms with E-state index in [2.05, 4.69) is 50.4 Å². The summed E-state index contributed by atoms with van der Waals surface area (Å²) >= 11 is 0. The Morgan fingerprint density at radius 3 is 2.33 bits per heavy atom. The van der Waals surface area contributed by atoms with Crippen molar-refractivity contribution in [3.8, 4) is 5.75 Å². The van der Waals surface area contributed by atoms with Gasteiger partial charge < -0.3 is 10.1 Å². The first kappa shape index (κ1) is 16.4. The molecule has 1 fully saturated rings. The fourth-order valence-electron chi connectivity index (χ4n) is 3.43. The Bertz CT molecular complexity index is 416. The van der Waals surface area contributed by atoms with Crippen molar-refractivity contribution < 1.29 is 4.74 Å². The number of hydrogen-bond donors (Lipinski definition) is 1. The van der Waals surface area contributed by atoms with Gasteiger partial charge in [0.1, 0.15) is 5.75 Å². The van der Waals surface area contributed by atoms with Gasteiger partial charge >= 0.3 is 0 Å². The summed E-state index contributed by atoms with van der Waals surface area (Å²) < 4.78 is 5.30. The standard InChI is InChI=1S/C19H31NO/c1-15(2)13-20-14-19(11-9-16(3)10-12-19)17-5-7-18(21-4)8-6-17/h5-8,15-16,20H,9-14H2,1-4H3. The van der Waals surface area contributed by atoms with Gasteiger partial charge in [0.2, 0.25) is 0 Å². The molecule has 0 aromatic heterocycles. The number of benzene rings is 1. The van der Waals surface area contributed by atoms with Crippen LogP contribution in [0.2, 0.25) is 0 Å². The molecule has 0 radical (unpaired) electrons. The van der Waals surface area contributed by atoms with Gasteiger partial charge in [-0.1, -0.05) is 32.9 Å². The number of rotatable bonds is 6. The highest BCUT2D eigenvalue weighted by molar-refractivity contribution is 5.33. The lowest BCUT2D eigenvalue weighted by Crippen LogP contribution is -2.42. The van der Waals surface area contributed by atoms with Crippen molar-refractivity contribution in [3.05, 3.63) is 29.8 Å². The van der Waals surface area contributed by atoms with E-state index in [-0.39, 0.29) is 0 Å². The Morgan fingerprint density at radius 2 is 1.81 bits per heavy atom. The zero-order valence-corrected chi connectivity index (χ0v) is 14.1. The lowest BCUT2D eigenvalue weighted by molar-refractivity contribution is 0.231. The van der Waals surface area contributed by atoms with Gasteiger partial charge in [0, 0.05) is 12.0 Å². The van der Waals surface area contributed by atoms with Gasteiger partial charge in [-0.3, -0.25) is 0 Å². The Hall–Kier alpha value is -1.02. The minimum Gasteiger partial charge on any atom is -0.497 e. The summed E-state index contributed by atoms with van der Waals surface area (Å²) in [7, 11) is 1.73. The third kappa shape index (κ3) is 4.23. The van der Waals surface area contributed by atoms with Crippen LogP contribution >= 0.6 is 0 Å². The molecule has 1 aromatic rings. The summed E-state index contributed by atoms with van der Waals surface area (Å²) in [5.74, 6) is 2.54. The number of nitrogens with one attached hydrogen (secondary N) is 1. The van der Waals surface area contributed by atoms with Crippen LogP contribution in [0.1, 0.15) is 52.0 Å². The minimum atomic E-state index is 0.313. The van der Waals surface area contributed by atoms with Crippen molar-refractivity contribution in [1.82, 2.24) is 5.32 Å². The maximum absolute atomic E-state index is 5.30. The van der Waals surface area contributed by atoms with E-state index in [1.807, 2.05) is 0 Å². The zero-order valence-electron chi connectivity index (χ0n) is 14.1. The second-order valence-electron chi connectivity index (χ2n) is 7.22. The molecule has 2 heteroatoms. The van der Waals surface area contributed by atoms with E-state index in [0.717, 1.165) is 24.8 Å². The summed E-state index contributed by atoms with van der Waals surface area (Å²) in [6.07, 6.45) is 5.28. The van der Waals surface area contributed by atoms with Gasteiger partial charge in [-0.2, -0.15) is 0 Å². The van der Waals surface area contributed by atoms with Crippen LogP contribution in [0, 0.1) is 11.8 Å². The lowest BCUT2D eigenvalue weighted by atomic mass is 9.67. The van der Waals surface area contributed by atoms with Crippen molar-refractivity contribution >= 4 is 0 Å². The van der Waals surface area contributed by atoms with E-state index in [4.69, 9.17) is 4.74 Å². The summed E-state index contributed by atoms with van der Waals surface area (Å²) in [5.41, 5.74) is 1.79. The van der Waals surface area contributed by atoms with Crippen molar-refractivity contribution in [2.75, 3.05) is 20.2 Å². The molecule has 1 aliphatic carbocycles. The van der Waals surface area contributed by atoms with Crippen LogP contribution in [0.25, 0.3) is 0 Å². The highest BCUT2D eigenvalue weighted by atomic mass is 16.5. The monoisotopic (exact) mass is 289 g/mol. The first-order chi connectivity index (χ1) is 10.1. The molecule has 1 N–H and O–H groups in total. The van der Waals surface area contributed by atoms with Crippen molar-refractivity contribution in [1.29, 1.82) is 0 Å². The van der Waals surface area contributed by atoms with Crippen LogP contribution in [0.5, 0.6) is 5.75 Å². The molecule has 2 rings (SSSR count). The van der Waals surface area contributed by atoms with Crippen LogP contribution in [0.15, 0.2) is 24.3 Å². The predicted octanol–water partition coefficient (Wildman–Crippen LogP) is 4.39. The molecule has 0 heterocycles. The first-order valence-corrected chi connectivity index (χ1v) is 8.41. The molecule has 0 unspecified atom stereocenters. The lowest BCUT2D eigenvalue weighted by Gasteiger charge is -2.40. The van der Waals surface area contributed by atoms with Gasteiger partial charge in [0.15, 0.2) is 0 Å². The third-order valence-corrected chi connectivity index (χ3v) is 4.95.